The quantitative estimate of drug-likeness (QED) is 0.464. The Hall–Kier alpha value is -0.710. The Morgan fingerprint density at radius 1 is 1.64 bits per heavy atom. The van der Waals surface area contributed by atoms with E-state index in [9.17, 15) is 9.59 Å². The minimum atomic E-state index is -0.955. The maximum absolute atomic E-state index is 10.6. The molecule has 0 aromatic carbocycles. The number of carboxylic acid groups (broad SMARTS) is 1. The van der Waals surface area contributed by atoms with Crippen LogP contribution in [0, 0.1) is 5.92 Å². The van der Waals surface area contributed by atoms with E-state index in [1.54, 1.807) is 11.8 Å². The first-order valence-corrected chi connectivity index (χ1v) is 5.89. The first-order valence-electron chi connectivity index (χ1n) is 4.74. The van der Waals surface area contributed by atoms with Crippen LogP contribution in [-0.4, -0.2) is 35.0 Å². The van der Waals surface area contributed by atoms with Crippen LogP contribution in [0.4, 0.5) is 0 Å². The Bertz CT molecular complexity index is 206. The number of rotatable bonds is 8. The molecule has 0 aromatic heterocycles. The van der Waals surface area contributed by atoms with E-state index in [-0.39, 0.29) is 0 Å². The summed E-state index contributed by atoms with van der Waals surface area (Å²) in [4.78, 5) is 20.7. The summed E-state index contributed by atoms with van der Waals surface area (Å²) in [5.41, 5.74) is 0. The molecule has 1 saturated carbocycles. The molecule has 4 nitrogen and oxygen atoms in total. The second kappa shape index (κ2) is 5.90. The Kier molecular flexibility index (Phi) is 4.79. The molecule has 0 radical (unpaired) electrons. The fraction of sp³-hybridized carbons (Fsp3) is 0.778. The number of amides is 1. The van der Waals surface area contributed by atoms with Gasteiger partial charge < -0.3 is 10.4 Å². The fourth-order valence-corrected chi connectivity index (χ4v) is 2.33. The first kappa shape index (κ1) is 11.4. The summed E-state index contributed by atoms with van der Waals surface area (Å²) < 4.78 is 0. The van der Waals surface area contributed by atoms with Crippen LogP contribution in [0.1, 0.15) is 19.3 Å². The lowest BCUT2D eigenvalue weighted by atomic mass is 10.2. The summed E-state index contributed by atoms with van der Waals surface area (Å²) in [6, 6.07) is -0.723. The summed E-state index contributed by atoms with van der Waals surface area (Å²) in [5.74, 6) is 1.84. The number of carboxylic acids is 1. The smallest absolute Gasteiger partial charge is 0.326 e. The van der Waals surface area contributed by atoms with Gasteiger partial charge in [0.1, 0.15) is 6.04 Å². The maximum atomic E-state index is 10.6. The van der Waals surface area contributed by atoms with Gasteiger partial charge >= 0.3 is 5.97 Å². The predicted octanol–water partition coefficient (Wildman–Crippen LogP) is 0.719. The average Bonchev–Trinajstić information content (AvgIpc) is 2.93. The molecule has 1 atom stereocenters. The molecule has 0 aliphatic heterocycles. The van der Waals surface area contributed by atoms with Crippen molar-refractivity contribution in [3.63, 3.8) is 0 Å². The van der Waals surface area contributed by atoms with Gasteiger partial charge in [-0.2, -0.15) is 11.8 Å². The minimum Gasteiger partial charge on any atom is -0.480 e. The molecule has 1 aliphatic carbocycles. The van der Waals surface area contributed by atoms with Crippen molar-refractivity contribution in [1.82, 2.24) is 5.32 Å². The molecule has 0 aromatic rings. The van der Waals surface area contributed by atoms with Crippen molar-refractivity contribution in [3.8, 4) is 0 Å². The van der Waals surface area contributed by atoms with Crippen LogP contribution in [-0.2, 0) is 9.59 Å². The molecule has 0 saturated heterocycles. The van der Waals surface area contributed by atoms with Crippen LogP contribution in [0.5, 0.6) is 0 Å². The highest BCUT2D eigenvalue weighted by Crippen LogP contribution is 2.32. The van der Waals surface area contributed by atoms with Crippen molar-refractivity contribution >= 4 is 24.1 Å². The highest BCUT2D eigenvalue weighted by molar-refractivity contribution is 7.99. The maximum Gasteiger partial charge on any atom is 0.326 e. The molecule has 1 unspecified atom stereocenters. The van der Waals surface area contributed by atoms with E-state index >= 15 is 0 Å². The van der Waals surface area contributed by atoms with E-state index in [0.29, 0.717) is 12.8 Å². The Labute approximate surface area is 87.4 Å². The molecule has 80 valence electrons. The molecule has 0 heterocycles. The third-order valence-electron chi connectivity index (χ3n) is 2.17. The average molecular weight is 217 g/mol. The van der Waals surface area contributed by atoms with Gasteiger partial charge in [0.25, 0.3) is 0 Å². The molecule has 14 heavy (non-hydrogen) atoms. The zero-order valence-corrected chi connectivity index (χ0v) is 8.76. The number of carbonyl (C=O) groups is 2. The molecular formula is C9H15NO3S. The van der Waals surface area contributed by atoms with Crippen LogP contribution in [0.3, 0.4) is 0 Å². The van der Waals surface area contributed by atoms with Gasteiger partial charge in [0.05, 0.1) is 0 Å². The molecule has 1 amide bonds. The Morgan fingerprint density at radius 3 is 2.86 bits per heavy atom. The van der Waals surface area contributed by atoms with Gasteiger partial charge in [-0.15, -0.1) is 0 Å². The van der Waals surface area contributed by atoms with Gasteiger partial charge in [-0.3, -0.25) is 4.79 Å². The summed E-state index contributed by atoms with van der Waals surface area (Å²) in [7, 11) is 0. The van der Waals surface area contributed by atoms with Crippen LogP contribution in [0.15, 0.2) is 0 Å². The molecule has 0 bridgehead atoms. The van der Waals surface area contributed by atoms with Crippen LogP contribution >= 0.6 is 11.8 Å². The van der Waals surface area contributed by atoms with Crippen molar-refractivity contribution in [2.75, 3.05) is 11.5 Å². The highest BCUT2D eigenvalue weighted by atomic mass is 32.2. The Morgan fingerprint density at radius 2 is 2.36 bits per heavy atom. The number of hydrogen-bond acceptors (Lipinski definition) is 3. The molecule has 1 rings (SSSR count). The van der Waals surface area contributed by atoms with Crippen LogP contribution < -0.4 is 5.32 Å². The zero-order chi connectivity index (χ0) is 10.4. The van der Waals surface area contributed by atoms with E-state index in [0.717, 1.165) is 17.4 Å². The van der Waals surface area contributed by atoms with Crippen LogP contribution in [0.25, 0.3) is 0 Å². The molecule has 1 fully saturated rings. The normalized spacial score (nSPS) is 17.4. The third kappa shape index (κ3) is 4.50. The molecule has 2 N–H and O–H groups in total. The van der Waals surface area contributed by atoms with Gasteiger partial charge in [-0.1, -0.05) is 0 Å². The SMILES string of the molecule is O=CNC(CCSCC1CC1)C(=O)O. The van der Waals surface area contributed by atoms with Crippen molar-refractivity contribution in [1.29, 1.82) is 0 Å². The summed E-state index contributed by atoms with van der Waals surface area (Å²) in [6.45, 7) is 0. The van der Waals surface area contributed by atoms with Crippen LogP contribution in [0.2, 0.25) is 0 Å². The number of thioether (sulfide) groups is 1. The summed E-state index contributed by atoms with van der Waals surface area (Å²) >= 11 is 1.78. The van der Waals surface area contributed by atoms with Crippen molar-refractivity contribution < 1.29 is 14.7 Å². The van der Waals surface area contributed by atoms with E-state index < -0.39 is 12.0 Å². The predicted molar refractivity (Wildman–Crippen MR) is 55.3 cm³/mol. The molecule has 1 aliphatic rings. The number of hydrogen-bond donors (Lipinski definition) is 2. The van der Waals surface area contributed by atoms with Gasteiger partial charge in [-0.05, 0) is 36.7 Å². The van der Waals surface area contributed by atoms with Gasteiger partial charge in [0, 0.05) is 0 Å². The number of nitrogens with one attached hydrogen (secondary N) is 1. The number of carbonyl (C=O) groups excluding carboxylic acids is 1. The van der Waals surface area contributed by atoms with Gasteiger partial charge in [0.2, 0.25) is 6.41 Å². The topological polar surface area (TPSA) is 66.4 Å². The molecule has 5 heteroatoms. The van der Waals surface area contributed by atoms with E-state index in [1.807, 2.05) is 0 Å². The largest absolute Gasteiger partial charge is 0.480 e. The molecule has 0 spiro atoms. The summed E-state index contributed by atoms with van der Waals surface area (Å²) in [5, 5.41) is 11.0. The van der Waals surface area contributed by atoms with Crippen molar-refractivity contribution in [3.05, 3.63) is 0 Å². The lowest BCUT2D eigenvalue weighted by Crippen LogP contribution is -2.36. The van der Waals surface area contributed by atoms with Gasteiger partial charge in [-0.25, -0.2) is 4.79 Å². The second-order valence-corrected chi connectivity index (χ2v) is 4.63. The number of aliphatic carboxylic acids is 1. The highest BCUT2D eigenvalue weighted by Gasteiger charge is 2.21. The molecular weight excluding hydrogens is 202 g/mol. The standard InChI is InChI=1S/C9H15NO3S/c11-6-10-8(9(12)13)3-4-14-5-7-1-2-7/h6-8H,1-5H2,(H,10,11)(H,12,13). The van der Waals surface area contributed by atoms with E-state index in [4.69, 9.17) is 5.11 Å². The van der Waals surface area contributed by atoms with E-state index in [2.05, 4.69) is 5.32 Å². The Balaban J connectivity index is 2.05. The van der Waals surface area contributed by atoms with Crippen molar-refractivity contribution in [2.24, 2.45) is 5.92 Å². The zero-order valence-electron chi connectivity index (χ0n) is 7.94. The minimum absolute atomic E-state index is 0.449. The fourth-order valence-electron chi connectivity index (χ4n) is 1.10. The lowest BCUT2D eigenvalue weighted by Gasteiger charge is -2.09. The second-order valence-electron chi connectivity index (χ2n) is 3.48. The van der Waals surface area contributed by atoms with E-state index in [1.165, 1.54) is 12.8 Å². The van der Waals surface area contributed by atoms with Crippen molar-refractivity contribution in [2.45, 2.75) is 25.3 Å². The lowest BCUT2D eigenvalue weighted by molar-refractivity contribution is -0.140. The monoisotopic (exact) mass is 217 g/mol. The third-order valence-corrected chi connectivity index (χ3v) is 3.40. The summed E-state index contributed by atoms with van der Waals surface area (Å²) in [6.07, 6.45) is 3.60. The van der Waals surface area contributed by atoms with Gasteiger partial charge in [0.15, 0.2) is 0 Å². The first-order chi connectivity index (χ1) is 6.74.